The summed E-state index contributed by atoms with van der Waals surface area (Å²) in [6.07, 6.45) is 6.07. The molecule has 0 bridgehead atoms. The number of aliphatic hydroxyl groups excluding tert-OH is 1. The summed E-state index contributed by atoms with van der Waals surface area (Å²) in [5.74, 6) is 0. The van der Waals surface area contributed by atoms with Crippen LogP contribution in [0.3, 0.4) is 0 Å². The average molecular weight is 187 g/mol. The molecule has 0 saturated heterocycles. The molecule has 0 heterocycles. The summed E-state index contributed by atoms with van der Waals surface area (Å²) < 4.78 is 5.37. The van der Waals surface area contributed by atoms with Gasteiger partial charge < -0.3 is 15.2 Å². The summed E-state index contributed by atoms with van der Waals surface area (Å²) in [5.41, 5.74) is 0. The maximum Gasteiger partial charge on any atom is 0.0724 e. The lowest BCUT2D eigenvalue weighted by Crippen LogP contribution is -2.37. The van der Waals surface area contributed by atoms with Crippen LogP contribution in [0.25, 0.3) is 0 Å². The molecule has 2 N–H and O–H groups in total. The highest BCUT2D eigenvalue weighted by atomic mass is 16.5. The van der Waals surface area contributed by atoms with Crippen molar-refractivity contribution < 1.29 is 9.84 Å². The molecular formula is C10H21NO2. The molecule has 13 heavy (non-hydrogen) atoms. The zero-order valence-corrected chi connectivity index (χ0v) is 8.46. The Morgan fingerprint density at radius 2 is 2.23 bits per heavy atom. The van der Waals surface area contributed by atoms with Gasteiger partial charge in [-0.3, -0.25) is 0 Å². The predicted octanol–water partition coefficient (Wildman–Crippen LogP) is 0.916. The van der Waals surface area contributed by atoms with E-state index in [1.54, 1.807) is 7.11 Å². The minimum Gasteiger partial charge on any atom is -0.396 e. The quantitative estimate of drug-likeness (QED) is 0.607. The monoisotopic (exact) mass is 187 g/mol. The predicted molar refractivity (Wildman–Crippen MR) is 52.8 cm³/mol. The molecule has 3 nitrogen and oxygen atoms in total. The van der Waals surface area contributed by atoms with E-state index < -0.39 is 0 Å². The van der Waals surface area contributed by atoms with Gasteiger partial charge in [0.05, 0.1) is 6.10 Å². The van der Waals surface area contributed by atoms with Gasteiger partial charge in [0.15, 0.2) is 0 Å². The van der Waals surface area contributed by atoms with Crippen LogP contribution in [-0.2, 0) is 4.74 Å². The maximum atomic E-state index is 8.60. The fourth-order valence-corrected chi connectivity index (χ4v) is 1.97. The van der Waals surface area contributed by atoms with Gasteiger partial charge in [-0.2, -0.15) is 0 Å². The number of aliphatic hydroxyl groups is 1. The Hall–Kier alpha value is -0.120. The second kappa shape index (κ2) is 6.35. The minimum atomic E-state index is 0.306. The van der Waals surface area contributed by atoms with E-state index in [-0.39, 0.29) is 0 Å². The van der Waals surface area contributed by atoms with Crippen LogP contribution in [0.4, 0.5) is 0 Å². The number of nitrogens with one attached hydrogen (secondary N) is 1. The maximum absolute atomic E-state index is 8.60. The first-order valence-electron chi connectivity index (χ1n) is 5.25. The summed E-state index contributed by atoms with van der Waals surface area (Å²) in [7, 11) is 1.79. The molecule has 0 amide bonds. The van der Waals surface area contributed by atoms with E-state index in [0.29, 0.717) is 18.8 Å². The summed E-state index contributed by atoms with van der Waals surface area (Å²) in [4.78, 5) is 0. The molecule has 0 aliphatic heterocycles. The molecule has 2 atom stereocenters. The third-order valence-electron chi connectivity index (χ3n) is 2.75. The third-order valence-corrected chi connectivity index (χ3v) is 2.75. The van der Waals surface area contributed by atoms with Crippen molar-refractivity contribution in [3.8, 4) is 0 Å². The Labute approximate surface area is 80.5 Å². The molecule has 0 spiro atoms. The van der Waals surface area contributed by atoms with Crippen molar-refractivity contribution in [3.05, 3.63) is 0 Å². The molecule has 0 aromatic rings. The Bertz CT molecular complexity index is 130. The van der Waals surface area contributed by atoms with Gasteiger partial charge in [0.1, 0.15) is 0 Å². The number of rotatable bonds is 6. The number of methoxy groups -OCH3 is 1. The molecule has 3 heteroatoms. The number of ether oxygens (including phenoxy) is 1. The van der Waals surface area contributed by atoms with Gasteiger partial charge in [-0.05, 0) is 38.6 Å². The number of hydrogen-bond acceptors (Lipinski definition) is 3. The van der Waals surface area contributed by atoms with Crippen molar-refractivity contribution in [1.29, 1.82) is 0 Å². The second-order valence-electron chi connectivity index (χ2n) is 3.70. The number of unbranched alkanes of at least 4 members (excludes halogenated alkanes) is 1. The van der Waals surface area contributed by atoms with Crippen molar-refractivity contribution in [2.75, 3.05) is 20.3 Å². The highest BCUT2D eigenvalue weighted by Crippen LogP contribution is 2.21. The fraction of sp³-hybridized carbons (Fsp3) is 1.00. The van der Waals surface area contributed by atoms with E-state index in [2.05, 4.69) is 5.32 Å². The first kappa shape index (κ1) is 11.0. The van der Waals surface area contributed by atoms with Crippen molar-refractivity contribution in [2.45, 2.75) is 44.2 Å². The zero-order valence-electron chi connectivity index (χ0n) is 8.46. The van der Waals surface area contributed by atoms with Crippen molar-refractivity contribution in [2.24, 2.45) is 0 Å². The summed E-state index contributed by atoms with van der Waals surface area (Å²) in [6, 6.07) is 0.545. The van der Waals surface area contributed by atoms with Gasteiger partial charge >= 0.3 is 0 Å². The van der Waals surface area contributed by atoms with Crippen LogP contribution >= 0.6 is 0 Å². The van der Waals surface area contributed by atoms with Gasteiger partial charge in [-0.15, -0.1) is 0 Å². The lowest BCUT2D eigenvalue weighted by Gasteiger charge is -2.19. The summed E-state index contributed by atoms with van der Waals surface area (Å²) in [6.45, 7) is 1.31. The molecule has 1 aliphatic rings. The lowest BCUT2D eigenvalue weighted by atomic mass is 10.2. The van der Waals surface area contributed by atoms with Crippen molar-refractivity contribution >= 4 is 0 Å². The van der Waals surface area contributed by atoms with Crippen LogP contribution in [0.15, 0.2) is 0 Å². The Balaban J connectivity index is 2.06. The Kier molecular flexibility index (Phi) is 5.35. The lowest BCUT2D eigenvalue weighted by molar-refractivity contribution is 0.0850. The highest BCUT2D eigenvalue weighted by Gasteiger charge is 2.25. The molecule has 1 rings (SSSR count). The highest BCUT2D eigenvalue weighted by molar-refractivity contribution is 4.83. The molecule has 0 aromatic heterocycles. The molecule has 1 fully saturated rings. The van der Waals surface area contributed by atoms with Crippen LogP contribution in [0, 0.1) is 0 Å². The minimum absolute atomic E-state index is 0.306. The van der Waals surface area contributed by atoms with E-state index in [4.69, 9.17) is 9.84 Å². The van der Waals surface area contributed by atoms with Crippen LogP contribution < -0.4 is 5.32 Å². The Morgan fingerprint density at radius 1 is 1.38 bits per heavy atom. The second-order valence-corrected chi connectivity index (χ2v) is 3.70. The topological polar surface area (TPSA) is 41.5 Å². The third kappa shape index (κ3) is 3.63. The van der Waals surface area contributed by atoms with Gasteiger partial charge in [0, 0.05) is 19.8 Å². The molecule has 2 unspecified atom stereocenters. The van der Waals surface area contributed by atoms with Crippen LogP contribution in [0.5, 0.6) is 0 Å². The van der Waals surface area contributed by atoms with Crippen LogP contribution in [-0.4, -0.2) is 37.5 Å². The van der Waals surface area contributed by atoms with E-state index in [1.165, 1.54) is 19.3 Å². The van der Waals surface area contributed by atoms with Gasteiger partial charge in [-0.25, -0.2) is 0 Å². The fourth-order valence-electron chi connectivity index (χ4n) is 1.97. The van der Waals surface area contributed by atoms with Gasteiger partial charge in [-0.1, -0.05) is 0 Å². The molecule has 1 aliphatic carbocycles. The van der Waals surface area contributed by atoms with Gasteiger partial charge in [0.2, 0.25) is 0 Å². The van der Waals surface area contributed by atoms with E-state index in [0.717, 1.165) is 19.4 Å². The first-order chi connectivity index (χ1) is 6.38. The van der Waals surface area contributed by atoms with Crippen LogP contribution in [0.1, 0.15) is 32.1 Å². The molecule has 1 saturated carbocycles. The molecule has 0 radical (unpaired) electrons. The van der Waals surface area contributed by atoms with Crippen molar-refractivity contribution in [3.63, 3.8) is 0 Å². The number of hydrogen-bond donors (Lipinski definition) is 2. The standard InChI is InChI=1S/C10H21NO2/c1-13-10-6-4-5-9(10)11-7-2-3-8-12/h9-12H,2-8H2,1H3. The average Bonchev–Trinajstić information content (AvgIpc) is 2.60. The molecule has 78 valence electrons. The van der Waals surface area contributed by atoms with Crippen LogP contribution in [0.2, 0.25) is 0 Å². The molecular weight excluding hydrogens is 166 g/mol. The van der Waals surface area contributed by atoms with E-state index >= 15 is 0 Å². The smallest absolute Gasteiger partial charge is 0.0724 e. The van der Waals surface area contributed by atoms with E-state index in [1.807, 2.05) is 0 Å². The first-order valence-corrected chi connectivity index (χ1v) is 5.25. The largest absolute Gasteiger partial charge is 0.396 e. The zero-order chi connectivity index (χ0) is 9.52. The molecule has 0 aromatic carbocycles. The summed E-state index contributed by atoms with van der Waals surface area (Å²) in [5, 5.41) is 12.1. The summed E-state index contributed by atoms with van der Waals surface area (Å²) >= 11 is 0. The normalized spacial score (nSPS) is 28.2. The van der Waals surface area contributed by atoms with E-state index in [9.17, 15) is 0 Å². The Morgan fingerprint density at radius 3 is 2.92 bits per heavy atom. The SMILES string of the molecule is COC1CCCC1NCCCCO. The van der Waals surface area contributed by atoms with Gasteiger partial charge in [0.25, 0.3) is 0 Å². The van der Waals surface area contributed by atoms with Crippen molar-refractivity contribution in [1.82, 2.24) is 5.32 Å².